The molecule has 0 radical (unpaired) electrons. The normalized spacial score (nSPS) is 9.77. The number of ether oxygens (including phenoxy) is 1. The van der Waals surface area contributed by atoms with Crippen LogP contribution in [0.4, 0.5) is 14.5 Å². The molecule has 0 heterocycles. The predicted octanol–water partition coefficient (Wildman–Crippen LogP) is 2.66. The first kappa shape index (κ1) is 9.85. The molecule has 1 rings (SSSR count). The topological polar surface area (TPSA) is 21.3 Å². The third kappa shape index (κ3) is 3.33. The number of halogens is 2. The molecule has 0 amide bonds. The number of benzene rings is 1. The number of hydrogen-bond acceptors (Lipinski definition) is 2. The van der Waals surface area contributed by atoms with Gasteiger partial charge in [-0.15, -0.1) is 0 Å². The van der Waals surface area contributed by atoms with Crippen molar-refractivity contribution in [3.05, 3.63) is 24.3 Å². The van der Waals surface area contributed by atoms with Gasteiger partial charge in [0.25, 0.3) is 0 Å². The molecular weight excluding hydrogens is 196 g/mol. The van der Waals surface area contributed by atoms with Crippen LogP contribution in [-0.2, 0) is 0 Å². The summed E-state index contributed by atoms with van der Waals surface area (Å²) in [6.45, 7) is -2.79. The molecule has 13 heavy (non-hydrogen) atoms. The summed E-state index contributed by atoms with van der Waals surface area (Å²) in [5, 5.41) is 2.73. The van der Waals surface area contributed by atoms with E-state index in [1.165, 1.54) is 17.6 Å². The van der Waals surface area contributed by atoms with E-state index in [1.54, 1.807) is 12.1 Å². The van der Waals surface area contributed by atoms with E-state index in [0.29, 0.717) is 0 Å². The van der Waals surface area contributed by atoms with Crippen LogP contribution in [0.3, 0.4) is 0 Å². The molecule has 0 unspecified atom stereocenters. The highest BCUT2D eigenvalue weighted by molar-refractivity contribution is 7.79. The van der Waals surface area contributed by atoms with E-state index in [1.807, 2.05) is 0 Å². The lowest BCUT2D eigenvalue weighted by molar-refractivity contribution is -0.0498. The van der Waals surface area contributed by atoms with Crippen molar-refractivity contribution in [2.75, 3.05) is 5.32 Å². The molecule has 1 N–H and O–H groups in total. The summed E-state index contributed by atoms with van der Waals surface area (Å²) in [6, 6.07) is 6.07. The van der Waals surface area contributed by atoms with Crippen LogP contribution in [0.25, 0.3) is 0 Å². The molecule has 0 aliphatic heterocycles. The van der Waals surface area contributed by atoms with Crippen LogP contribution in [0, 0.1) is 0 Å². The van der Waals surface area contributed by atoms with E-state index in [2.05, 4.69) is 22.3 Å². The van der Waals surface area contributed by atoms with Crippen molar-refractivity contribution in [3.63, 3.8) is 0 Å². The SMILES string of the molecule is FC(F)Oc1ccc(NC=S)cc1. The Hall–Kier alpha value is -1.23. The van der Waals surface area contributed by atoms with Gasteiger partial charge in [-0.25, -0.2) is 0 Å². The third-order valence-corrected chi connectivity index (χ3v) is 1.42. The Bertz CT molecular complexity index is 276. The van der Waals surface area contributed by atoms with Crippen LogP contribution < -0.4 is 10.1 Å². The van der Waals surface area contributed by atoms with Gasteiger partial charge in [0.05, 0.1) is 5.49 Å². The maximum atomic E-state index is 11.7. The second-order valence-electron chi connectivity index (χ2n) is 2.17. The largest absolute Gasteiger partial charge is 0.435 e. The zero-order valence-electron chi connectivity index (χ0n) is 6.54. The van der Waals surface area contributed by atoms with Gasteiger partial charge in [0.1, 0.15) is 5.75 Å². The highest BCUT2D eigenvalue weighted by Gasteiger charge is 2.02. The number of rotatable bonds is 4. The molecule has 0 aliphatic carbocycles. The van der Waals surface area contributed by atoms with Gasteiger partial charge in [0.2, 0.25) is 0 Å². The number of thiocarbonyl (C=S) groups is 1. The lowest BCUT2D eigenvalue weighted by Gasteiger charge is -2.04. The maximum absolute atomic E-state index is 11.7. The van der Waals surface area contributed by atoms with Gasteiger partial charge >= 0.3 is 6.61 Å². The minimum absolute atomic E-state index is 0.130. The van der Waals surface area contributed by atoms with Crippen molar-refractivity contribution in [2.45, 2.75) is 6.61 Å². The Morgan fingerprint density at radius 2 is 1.92 bits per heavy atom. The monoisotopic (exact) mass is 203 g/mol. The van der Waals surface area contributed by atoms with Gasteiger partial charge in [0.15, 0.2) is 0 Å². The summed E-state index contributed by atoms with van der Waals surface area (Å²) in [5.41, 5.74) is 2.07. The maximum Gasteiger partial charge on any atom is 0.387 e. The smallest absolute Gasteiger partial charge is 0.387 e. The van der Waals surface area contributed by atoms with Crippen molar-refractivity contribution in [1.29, 1.82) is 0 Å². The number of anilines is 1. The Morgan fingerprint density at radius 1 is 1.31 bits per heavy atom. The Kier molecular flexibility index (Phi) is 3.57. The molecular formula is C8H7F2NOS. The van der Waals surface area contributed by atoms with E-state index >= 15 is 0 Å². The first-order chi connectivity index (χ1) is 6.22. The van der Waals surface area contributed by atoms with Crippen molar-refractivity contribution in [3.8, 4) is 5.75 Å². The van der Waals surface area contributed by atoms with Crippen LogP contribution >= 0.6 is 12.2 Å². The van der Waals surface area contributed by atoms with Gasteiger partial charge in [0, 0.05) is 5.69 Å². The van der Waals surface area contributed by atoms with E-state index in [9.17, 15) is 8.78 Å². The standard InChI is InChI=1S/C8H7F2NOS/c9-8(10)12-7-3-1-6(2-4-7)11-5-13/h1-5,8H,(H,11,13). The molecule has 1 aromatic rings. The van der Waals surface area contributed by atoms with Gasteiger partial charge in [-0.2, -0.15) is 8.78 Å². The van der Waals surface area contributed by atoms with Crippen molar-refractivity contribution in [1.82, 2.24) is 0 Å². The number of hydrogen-bond donors (Lipinski definition) is 1. The van der Waals surface area contributed by atoms with Crippen molar-refractivity contribution in [2.24, 2.45) is 0 Å². The van der Waals surface area contributed by atoms with Crippen LogP contribution in [0.1, 0.15) is 0 Å². The quantitative estimate of drug-likeness (QED) is 0.760. The summed E-state index contributed by atoms with van der Waals surface area (Å²) < 4.78 is 27.6. The highest BCUT2D eigenvalue weighted by Crippen LogP contribution is 2.16. The fraction of sp³-hybridized carbons (Fsp3) is 0.125. The van der Waals surface area contributed by atoms with E-state index in [0.717, 1.165) is 5.69 Å². The molecule has 0 aromatic heterocycles. The molecule has 70 valence electrons. The lowest BCUT2D eigenvalue weighted by Crippen LogP contribution is -2.01. The minimum atomic E-state index is -2.79. The Balaban J connectivity index is 2.63. The van der Waals surface area contributed by atoms with Crippen LogP contribution in [-0.4, -0.2) is 12.1 Å². The van der Waals surface area contributed by atoms with Gasteiger partial charge in [-0.3, -0.25) is 0 Å². The fourth-order valence-corrected chi connectivity index (χ4v) is 0.937. The summed E-state index contributed by atoms with van der Waals surface area (Å²) in [4.78, 5) is 0. The molecule has 0 aliphatic rings. The highest BCUT2D eigenvalue weighted by atomic mass is 32.1. The average Bonchev–Trinajstić information content (AvgIpc) is 2.08. The van der Waals surface area contributed by atoms with Crippen molar-refractivity contribution < 1.29 is 13.5 Å². The Labute approximate surface area is 79.5 Å². The fourth-order valence-electron chi connectivity index (χ4n) is 0.801. The van der Waals surface area contributed by atoms with Crippen LogP contribution in [0.5, 0.6) is 5.75 Å². The summed E-state index contributed by atoms with van der Waals surface area (Å²) in [5.74, 6) is 0.130. The van der Waals surface area contributed by atoms with Gasteiger partial charge in [-0.1, -0.05) is 12.2 Å². The average molecular weight is 203 g/mol. The molecule has 5 heteroatoms. The van der Waals surface area contributed by atoms with Crippen LogP contribution in [0.15, 0.2) is 24.3 Å². The second-order valence-corrected chi connectivity index (χ2v) is 2.40. The predicted molar refractivity (Wildman–Crippen MR) is 50.4 cm³/mol. The second kappa shape index (κ2) is 4.71. The van der Waals surface area contributed by atoms with Crippen LogP contribution in [0.2, 0.25) is 0 Å². The minimum Gasteiger partial charge on any atom is -0.435 e. The summed E-state index contributed by atoms with van der Waals surface area (Å²) in [7, 11) is 0. The molecule has 0 saturated carbocycles. The van der Waals surface area contributed by atoms with E-state index < -0.39 is 6.61 Å². The molecule has 0 fully saturated rings. The lowest BCUT2D eigenvalue weighted by atomic mass is 10.3. The Morgan fingerprint density at radius 3 is 2.38 bits per heavy atom. The van der Waals surface area contributed by atoms with Gasteiger partial charge in [-0.05, 0) is 24.3 Å². The van der Waals surface area contributed by atoms with Crippen molar-refractivity contribution >= 4 is 23.4 Å². The summed E-state index contributed by atoms with van der Waals surface area (Å²) in [6.07, 6.45) is 0. The first-order valence-electron chi connectivity index (χ1n) is 3.47. The number of alkyl halides is 2. The number of nitrogens with one attached hydrogen (secondary N) is 1. The first-order valence-corrected chi connectivity index (χ1v) is 3.94. The molecule has 0 atom stereocenters. The zero-order chi connectivity index (χ0) is 9.68. The zero-order valence-corrected chi connectivity index (χ0v) is 7.35. The third-order valence-electron chi connectivity index (χ3n) is 1.31. The van der Waals surface area contributed by atoms with E-state index in [4.69, 9.17) is 0 Å². The summed E-state index contributed by atoms with van der Waals surface area (Å²) >= 11 is 4.55. The molecule has 0 saturated heterocycles. The molecule has 0 spiro atoms. The van der Waals surface area contributed by atoms with E-state index in [-0.39, 0.29) is 5.75 Å². The molecule has 2 nitrogen and oxygen atoms in total. The van der Waals surface area contributed by atoms with Gasteiger partial charge < -0.3 is 10.1 Å². The molecule has 0 bridgehead atoms. The molecule has 1 aromatic carbocycles.